The van der Waals surface area contributed by atoms with Gasteiger partial charge >= 0.3 is 0 Å². The second-order valence-corrected chi connectivity index (χ2v) is 6.26. The van der Waals surface area contributed by atoms with E-state index in [9.17, 15) is 9.90 Å². The fourth-order valence-electron chi connectivity index (χ4n) is 2.76. The zero-order valence-corrected chi connectivity index (χ0v) is 16.3. The van der Waals surface area contributed by atoms with Crippen LogP contribution in [0.3, 0.4) is 0 Å². The van der Waals surface area contributed by atoms with Crippen LogP contribution in [0.1, 0.15) is 21.5 Å². The molecular formula is C24H22O5. The van der Waals surface area contributed by atoms with E-state index in [1.54, 1.807) is 25.3 Å². The number of hydrogen-bond acceptors (Lipinski definition) is 5. The van der Waals surface area contributed by atoms with E-state index in [1.807, 2.05) is 42.5 Å². The predicted octanol–water partition coefficient (Wildman–Crippen LogP) is 4.88. The summed E-state index contributed by atoms with van der Waals surface area (Å²) in [5, 5.41) is 10.0. The van der Waals surface area contributed by atoms with E-state index in [2.05, 4.69) is 0 Å². The summed E-state index contributed by atoms with van der Waals surface area (Å²) in [6.45, 7) is 0.453. The van der Waals surface area contributed by atoms with Crippen molar-refractivity contribution in [2.24, 2.45) is 0 Å². The maximum absolute atomic E-state index is 12.4. The van der Waals surface area contributed by atoms with E-state index in [4.69, 9.17) is 14.2 Å². The molecule has 5 nitrogen and oxygen atoms in total. The van der Waals surface area contributed by atoms with Crippen molar-refractivity contribution >= 4 is 11.9 Å². The fourth-order valence-corrected chi connectivity index (χ4v) is 2.76. The van der Waals surface area contributed by atoms with Crippen LogP contribution in [0.2, 0.25) is 0 Å². The molecule has 0 atom stereocenters. The van der Waals surface area contributed by atoms with E-state index < -0.39 is 0 Å². The molecule has 29 heavy (non-hydrogen) atoms. The summed E-state index contributed by atoms with van der Waals surface area (Å²) in [5.74, 6) is 1.28. The number of phenols is 1. The van der Waals surface area contributed by atoms with Crippen molar-refractivity contribution in [3.63, 3.8) is 0 Å². The smallest absolute Gasteiger partial charge is 0.189 e. The number of rotatable bonds is 8. The molecule has 0 fully saturated rings. The van der Waals surface area contributed by atoms with Crippen molar-refractivity contribution in [3.05, 3.63) is 89.5 Å². The van der Waals surface area contributed by atoms with Gasteiger partial charge in [-0.15, -0.1) is 0 Å². The highest BCUT2D eigenvalue weighted by Gasteiger charge is 2.10. The number of phenolic OH excluding ortho intramolecular Hbond substituents is 1. The molecule has 0 saturated carbocycles. The topological polar surface area (TPSA) is 65.0 Å². The zero-order chi connectivity index (χ0) is 20.6. The van der Waals surface area contributed by atoms with Crippen molar-refractivity contribution in [1.82, 2.24) is 0 Å². The number of ketones is 1. The van der Waals surface area contributed by atoms with Crippen molar-refractivity contribution in [2.45, 2.75) is 6.61 Å². The number of ether oxygens (including phenoxy) is 3. The van der Waals surface area contributed by atoms with Crippen molar-refractivity contribution < 1.29 is 24.1 Å². The van der Waals surface area contributed by atoms with Gasteiger partial charge in [-0.05, 0) is 42.0 Å². The first-order valence-corrected chi connectivity index (χ1v) is 9.05. The Balaban J connectivity index is 1.72. The lowest BCUT2D eigenvalue weighted by molar-refractivity contribution is 0.104. The van der Waals surface area contributed by atoms with Gasteiger partial charge < -0.3 is 19.3 Å². The summed E-state index contributed by atoms with van der Waals surface area (Å²) in [7, 11) is 3.06. The second kappa shape index (κ2) is 9.46. The SMILES string of the molecule is COc1ccc(C(=O)C=Cc2ccc(OCc3ccccc3)cc2OC)c(O)c1. The molecule has 0 bridgehead atoms. The molecule has 148 valence electrons. The van der Waals surface area contributed by atoms with Crippen molar-refractivity contribution in [1.29, 1.82) is 0 Å². The number of carbonyl (C=O) groups excluding carboxylic acids is 1. The highest BCUT2D eigenvalue weighted by Crippen LogP contribution is 2.28. The molecule has 0 spiro atoms. The Morgan fingerprint density at radius 1 is 0.931 bits per heavy atom. The molecule has 1 N–H and O–H groups in total. The molecule has 0 heterocycles. The predicted molar refractivity (Wildman–Crippen MR) is 112 cm³/mol. The Morgan fingerprint density at radius 3 is 2.38 bits per heavy atom. The van der Waals surface area contributed by atoms with Gasteiger partial charge in [-0.25, -0.2) is 0 Å². The summed E-state index contributed by atoms with van der Waals surface area (Å²) in [5.41, 5.74) is 1.99. The van der Waals surface area contributed by atoms with Crippen LogP contribution in [0.15, 0.2) is 72.8 Å². The fraction of sp³-hybridized carbons (Fsp3) is 0.125. The van der Waals surface area contributed by atoms with E-state index in [0.29, 0.717) is 23.9 Å². The molecule has 3 aromatic rings. The largest absolute Gasteiger partial charge is 0.507 e. The highest BCUT2D eigenvalue weighted by atomic mass is 16.5. The van der Waals surface area contributed by atoms with Gasteiger partial charge in [0, 0.05) is 17.7 Å². The molecule has 0 radical (unpaired) electrons. The molecule has 0 aliphatic carbocycles. The zero-order valence-electron chi connectivity index (χ0n) is 16.3. The number of hydrogen-bond donors (Lipinski definition) is 1. The van der Waals surface area contributed by atoms with Crippen molar-refractivity contribution in [2.75, 3.05) is 14.2 Å². The van der Waals surface area contributed by atoms with Gasteiger partial charge in [-0.1, -0.05) is 30.3 Å². The van der Waals surface area contributed by atoms with Gasteiger partial charge in [0.1, 0.15) is 29.6 Å². The Kier molecular flexibility index (Phi) is 6.53. The van der Waals surface area contributed by atoms with Crippen LogP contribution in [0.4, 0.5) is 0 Å². The monoisotopic (exact) mass is 390 g/mol. The van der Waals surface area contributed by atoms with Crippen LogP contribution in [0.5, 0.6) is 23.0 Å². The first kappa shape index (κ1) is 20.0. The van der Waals surface area contributed by atoms with Gasteiger partial charge in [0.2, 0.25) is 0 Å². The average molecular weight is 390 g/mol. The van der Waals surface area contributed by atoms with Gasteiger partial charge in [0.05, 0.1) is 19.8 Å². The van der Waals surface area contributed by atoms with E-state index in [-0.39, 0.29) is 17.1 Å². The Morgan fingerprint density at radius 2 is 1.69 bits per heavy atom. The van der Waals surface area contributed by atoms with Crippen LogP contribution in [0, 0.1) is 0 Å². The minimum atomic E-state index is -0.323. The molecular weight excluding hydrogens is 368 g/mol. The molecule has 0 aliphatic rings. The molecule has 0 unspecified atom stereocenters. The molecule has 3 aromatic carbocycles. The van der Waals surface area contributed by atoms with Gasteiger partial charge in [-0.2, -0.15) is 0 Å². The lowest BCUT2D eigenvalue weighted by atomic mass is 10.1. The lowest BCUT2D eigenvalue weighted by Crippen LogP contribution is -1.97. The van der Waals surface area contributed by atoms with Crippen LogP contribution < -0.4 is 14.2 Å². The van der Waals surface area contributed by atoms with Crippen LogP contribution in [-0.2, 0) is 6.61 Å². The summed E-state index contributed by atoms with van der Waals surface area (Å²) < 4.78 is 16.3. The molecule has 3 rings (SSSR count). The van der Waals surface area contributed by atoms with E-state index in [1.165, 1.54) is 25.3 Å². The number of benzene rings is 3. The summed E-state index contributed by atoms with van der Waals surface area (Å²) in [6, 6.07) is 19.8. The quantitative estimate of drug-likeness (QED) is 0.438. The Hall–Kier alpha value is -3.73. The molecule has 5 heteroatoms. The third-order valence-electron chi connectivity index (χ3n) is 4.34. The number of allylic oxidation sites excluding steroid dienone is 1. The Bertz CT molecular complexity index is 1010. The molecule has 0 saturated heterocycles. The first-order chi connectivity index (χ1) is 14.1. The lowest BCUT2D eigenvalue weighted by Gasteiger charge is -2.10. The van der Waals surface area contributed by atoms with Crippen LogP contribution in [-0.4, -0.2) is 25.1 Å². The number of methoxy groups -OCH3 is 2. The normalized spacial score (nSPS) is 10.7. The number of carbonyl (C=O) groups is 1. The third kappa shape index (κ3) is 5.17. The Labute approximate surface area is 169 Å². The maximum atomic E-state index is 12.4. The average Bonchev–Trinajstić information content (AvgIpc) is 2.76. The minimum Gasteiger partial charge on any atom is -0.507 e. The first-order valence-electron chi connectivity index (χ1n) is 9.05. The molecule has 0 aliphatic heterocycles. The van der Waals surface area contributed by atoms with Crippen molar-refractivity contribution in [3.8, 4) is 23.0 Å². The second-order valence-electron chi connectivity index (χ2n) is 6.26. The summed E-state index contributed by atoms with van der Waals surface area (Å²) in [6.07, 6.45) is 3.04. The molecule has 0 aromatic heterocycles. The third-order valence-corrected chi connectivity index (χ3v) is 4.34. The minimum absolute atomic E-state index is 0.129. The number of aromatic hydroxyl groups is 1. The van der Waals surface area contributed by atoms with E-state index in [0.717, 1.165) is 11.1 Å². The van der Waals surface area contributed by atoms with Gasteiger partial charge in [0.15, 0.2) is 5.78 Å². The van der Waals surface area contributed by atoms with E-state index >= 15 is 0 Å². The van der Waals surface area contributed by atoms with Crippen LogP contribution in [0.25, 0.3) is 6.08 Å². The summed E-state index contributed by atoms with van der Waals surface area (Å²) in [4.78, 5) is 12.4. The molecule has 0 amide bonds. The van der Waals surface area contributed by atoms with Gasteiger partial charge in [0.25, 0.3) is 0 Å². The van der Waals surface area contributed by atoms with Gasteiger partial charge in [-0.3, -0.25) is 4.79 Å². The highest BCUT2D eigenvalue weighted by molar-refractivity contribution is 6.08. The maximum Gasteiger partial charge on any atom is 0.189 e. The standard InChI is InChI=1S/C24H22O5/c1-27-19-11-12-21(23(26)14-19)22(25)13-9-18-8-10-20(15-24(18)28-2)29-16-17-6-4-3-5-7-17/h3-15,26H,16H2,1-2H3. The summed E-state index contributed by atoms with van der Waals surface area (Å²) >= 11 is 0. The van der Waals surface area contributed by atoms with Crippen LogP contribution >= 0.6 is 0 Å².